The summed E-state index contributed by atoms with van der Waals surface area (Å²) in [6.07, 6.45) is 5.78. The van der Waals surface area contributed by atoms with Gasteiger partial charge in [-0.2, -0.15) is 0 Å². The van der Waals surface area contributed by atoms with Crippen LogP contribution in [-0.4, -0.2) is 18.8 Å². The SMILES string of the molecule is CCCCNC(C)Cc1ccc(SC)cc1. The van der Waals surface area contributed by atoms with Crippen molar-refractivity contribution >= 4 is 11.8 Å². The lowest BCUT2D eigenvalue weighted by molar-refractivity contribution is 0.531. The molecule has 0 saturated heterocycles. The summed E-state index contributed by atoms with van der Waals surface area (Å²) in [5, 5.41) is 3.56. The molecule has 1 nitrogen and oxygen atoms in total. The minimum atomic E-state index is 0.576. The second-order valence-corrected chi connectivity index (χ2v) is 5.14. The monoisotopic (exact) mass is 237 g/mol. The highest BCUT2D eigenvalue weighted by atomic mass is 32.2. The molecule has 0 aliphatic heterocycles. The first-order chi connectivity index (χ1) is 7.76. The lowest BCUT2D eigenvalue weighted by atomic mass is 10.1. The summed E-state index contributed by atoms with van der Waals surface area (Å²) in [5.74, 6) is 0. The molecule has 0 heterocycles. The average molecular weight is 237 g/mol. The molecule has 0 spiro atoms. The van der Waals surface area contributed by atoms with Gasteiger partial charge in [-0.15, -0.1) is 11.8 Å². The van der Waals surface area contributed by atoms with Gasteiger partial charge in [-0.1, -0.05) is 25.5 Å². The van der Waals surface area contributed by atoms with Crippen molar-refractivity contribution in [1.29, 1.82) is 0 Å². The summed E-state index contributed by atoms with van der Waals surface area (Å²) in [4.78, 5) is 1.34. The third-order valence-corrected chi connectivity index (χ3v) is 3.47. The smallest absolute Gasteiger partial charge is 0.00791 e. The Morgan fingerprint density at radius 1 is 1.25 bits per heavy atom. The van der Waals surface area contributed by atoms with Gasteiger partial charge >= 0.3 is 0 Å². The molecule has 16 heavy (non-hydrogen) atoms. The third kappa shape index (κ3) is 5.04. The number of benzene rings is 1. The number of nitrogens with one attached hydrogen (secondary N) is 1. The Kier molecular flexibility index (Phi) is 6.58. The lowest BCUT2D eigenvalue weighted by Crippen LogP contribution is -2.28. The van der Waals surface area contributed by atoms with Crippen LogP contribution in [0, 0.1) is 0 Å². The van der Waals surface area contributed by atoms with Crippen LogP contribution in [0.25, 0.3) is 0 Å². The summed E-state index contributed by atoms with van der Waals surface area (Å²) < 4.78 is 0. The third-order valence-electron chi connectivity index (χ3n) is 2.72. The molecule has 90 valence electrons. The minimum absolute atomic E-state index is 0.576. The van der Waals surface area contributed by atoms with E-state index >= 15 is 0 Å². The van der Waals surface area contributed by atoms with E-state index in [1.54, 1.807) is 11.8 Å². The molecule has 2 heteroatoms. The maximum atomic E-state index is 3.56. The van der Waals surface area contributed by atoms with Gasteiger partial charge in [-0.25, -0.2) is 0 Å². The highest BCUT2D eigenvalue weighted by Gasteiger charge is 2.02. The summed E-state index contributed by atoms with van der Waals surface area (Å²) in [5.41, 5.74) is 1.43. The maximum absolute atomic E-state index is 3.56. The largest absolute Gasteiger partial charge is 0.314 e. The first-order valence-electron chi connectivity index (χ1n) is 6.12. The molecule has 1 atom stereocenters. The van der Waals surface area contributed by atoms with Crippen LogP contribution >= 0.6 is 11.8 Å². The fourth-order valence-corrected chi connectivity index (χ4v) is 2.12. The van der Waals surface area contributed by atoms with E-state index < -0.39 is 0 Å². The van der Waals surface area contributed by atoms with Gasteiger partial charge in [0, 0.05) is 10.9 Å². The van der Waals surface area contributed by atoms with Gasteiger partial charge in [0.05, 0.1) is 0 Å². The highest BCUT2D eigenvalue weighted by Crippen LogP contribution is 2.15. The van der Waals surface area contributed by atoms with Gasteiger partial charge in [-0.05, 0) is 50.3 Å². The fraction of sp³-hybridized carbons (Fsp3) is 0.571. The number of rotatable bonds is 7. The molecular weight excluding hydrogens is 214 g/mol. The van der Waals surface area contributed by atoms with Crippen molar-refractivity contribution in [1.82, 2.24) is 5.32 Å². The van der Waals surface area contributed by atoms with Crippen molar-refractivity contribution in [3.05, 3.63) is 29.8 Å². The van der Waals surface area contributed by atoms with Gasteiger partial charge in [-0.3, -0.25) is 0 Å². The van der Waals surface area contributed by atoms with Gasteiger partial charge in [0.25, 0.3) is 0 Å². The molecule has 0 amide bonds. The second-order valence-electron chi connectivity index (χ2n) is 4.26. The molecule has 1 aromatic rings. The number of thioether (sulfide) groups is 1. The topological polar surface area (TPSA) is 12.0 Å². The Balaban J connectivity index is 2.34. The zero-order valence-electron chi connectivity index (χ0n) is 10.6. The zero-order chi connectivity index (χ0) is 11.8. The Hall–Kier alpha value is -0.470. The minimum Gasteiger partial charge on any atom is -0.314 e. The van der Waals surface area contributed by atoms with E-state index in [1.165, 1.54) is 23.3 Å². The van der Waals surface area contributed by atoms with Crippen molar-refractivity contribution in [3.63, 3.8) is 0 Å². The van der Waals surface area contributed by atoms with Crippen molar-refractivity contribution < 1.29 is 0 Å². The quantitative estimate of drug-likeness (QED) is 0.573. The maximum Gasteiger partial charge on any atom is 0.00791 e. The van der Waals surface area contributed by atoms with E-state index in [0.29, 0.717) is 6.04 Å². The van der Waals surface area contributed by atoms with E-state index in [2.05, 4.69) is 49.7 Å². The van der Waals surface area contributed by atoms with Crippen LogP contribution < -0.4 is 5.32 Å². The van der Waals surface area contributed by atoms with Crippen LogP contribution in [0.4, 0.5) is 0 Å². The molecule has 0 aliphatic carbocycles. The van der Waals surface area contributed by atoms with E-state index in [0.717, 1.165) is 13.0 Å². The first-order valence-corrected chi connectivity index (χ1v) is 7.35. The van der Waals surface area contributed by atoms with E-state index in [-0.39, 0.29) is 0 Å². The molecule has 1 unspecified atom stereocenters. The van der Waals surface area contributed by atoms with Gasteiger partial charge in [0.2, 0.25) is 0 Å². The molecular formula is C14H23NS. The Morgan fingerprint density at radius 2 is 1.94 bits per heavy atom. The van der Waals surface area contributed by atoms with Crippen LogP contribution in [-0.2, 0) is 6.42 Å². The van der Waals surface area contributed by atoms with Crippen molar-refractivity contribution in [2.45, 2.75) is 44.0 Å². The van der Waals surface area contributed by atoms with Gasteiger partial charge in [0.15, 0.2) is 0 Å². The Labute approximate surface area is 104 Å². The molecule has 1 N–H and O–H groups in total. The molecule has 0 aliphatic rings. The van der Waals surface area contributed by atoms with Crippen molar-refractivity contribution in [2.24, 2.45) is 0 Å². The van der Waals surface area contributed by atoms with Crippen LogP contribution in [0.3, 0.4) is 0 Å². The number of hydrogen-bond acceptors (Lipinski definition) is 2. The molecule has 1 rings (SSSR count). The van der Waals surface area contributed by atoms with Crippen molar-refractivity contribution in [2.75, 3.05) is 12.8 Å². The molecule has 0 aromatic heterocycles. The number of hydrogen-bond donors (Lipinski definition) is 1. The van der Waals surface area contributed by atoms with E-state index in [4.69, 9.17) is 0 Å². The van der Waals surface area contributed by atoms with Crippen LogP contribution in [0.2, 0.25) is 0 Å². The first kappa shape index (κ1) is 13.6. The van der Waals surface area contributed by atoms with E-state index in [1.807, 2.05) is 0 Å². The summed E-state index contributed by atoms with van der Waals surface area (Å²) in [6, 6.07) is 9.47. The molecule has 0 saturated carbocycles. The average Bonchev–Trinajstić information content (AvgIpc) is 2.30. The molecule has 0 fully saturated rings. The highest BCUT2D eigenvalue weighted by molar-refractivity contribution is 7.98. The molecule has 0 radical (unpaired) electrons. The predicted octanol–water partition coefficient (Wildman–Crippen LogP) is 3.73. The fourth-order valence-electron chi connectivity index (χ4n) is 1.71. The summed E-state index contributed by atoms with van der Waals surface area (Å²) in [6.45, 7) is 5.63. The zero-order valence-corrected chi connectivity index (χ0v) is 11.4. The van der Waals surface area contributed by atoms with Gasteiger partial charge < -0.3 is 5.32 Å². The van der Waals surface area contributed by atoms with Crippen LogP contribution in [0.15, 0.2) is 29.2 Å². The van der Waals surface area contributed by atoms with Gasteiger partial charge in [0.1, 0.15) is 0 Å². The Morgan fingerprint density at radius 3 is 2.50 bits per heavy atom. The lowest BCUT2D eigenvalue weighted by Gasteiger charge is -2.13. The van der Waals surface area contributed by atoms with Crippen molar-refractivity contribution in [3.8, 4) is 0 Å². The van der Waals surface area contributed by atoms with E-state index in [9.17, 15) is 0 Å². The molecule has 0 bridgehead atoms. The number of unbranched alkanes of at least 4 members (excludes halogenated alkanes) is 1. The van der Waals surface area contributed by atoms with Crippen LogP contribution in [0.1, 0.15) is 32.3 Å². The summed E-state index contributed by atoms with van der Waals surface area (Å²) in [7, 11) is 0. The second kappa shape index (κ2) is 7.75. The standard InChI is InChI=1S/C14H23NS/c1-4-5-10-15-12(2)11-13-6-8-14(16-3)9-7-13/h6-9,12,15H,4-5,10-11H2,1-3H3. The summed E-state index contributed by atoms with van der Waals surface area (Å²) >= 11 is 1.80. The predicted molar refractivity (Wildman–Crippen MR) is 74.3 cm³/mol. The molecule has 1 aromatic carbocycles. The Bertz CT molecular complexity index is 281. The van der Waals surface area contributed by atoms with Crippen LogP contribution in [0.5, 0.6) is 0 Å². The normalized spacial score (nSPS) is 12.7.